The van der Waals surface area contributed by atoms with E-state index >= 15 is 0 Å². The summed E-state index contributed by atoms with van der Waals surface area (Å²) in [5.41, 5.74) is -0.632. The Bertz CT molecular complexity index is 565. The molecule has 0 aliphatic heterocycles. The van der Waals surface area contributed by atoms with Crippen LogP contribution in [0, 0.1) is 0 Å². The van der Waals surface area contributed by atoms with Gasteiger partial charge in [-0.3, -0.25) is 4.79 Å². The van der Waals surface area contributed by atoms with E-state index in [1.54, 1.807) is 0 Å². The lowest BCUT2D eigenvalue weighted by atomic mass is 10.1. The summed E-state index contributed by atoms with van der Waals surface area (Å²) in [6.07, 6.45) is -4.03. The van der Waals surface area contributed by atoms with Gasteiger partial charge in [0.05, 0.1) is 5.56 Å². The van der Waals surface area contributed by atoms with E-state index in [0.717, 1.165) is 24.3 Å². The number of rotatable bonds is 4. The van der Waals surface area contributed by atoms with Crippen molar-refractivity contribution in [2.75, 3.05) is 6.54 Å². The van der Waals surface area contributed by atoms with Crippen LogP contribution in [0.15, 0.2) is 24.3 Å². The molecule has 2 N–H and O–H groups in total. The molecule has 0 aliphatic rings. The first kappa shape index (κ1) is 14.0. The van der Waals surface area contributed by atoms with Crippen molar-refractivity contribution in [3.05, 3.63) is 41.2 Å². The number of benzene rings is 1. The summed E-state index contributed by atoms with van der Waals surface area (Å²) in [5, 5.41) is 15.6. The smallest absolute Gasteiger partial charge is 0.352 e. The van der Waals surface area contributed by atoms with Gasteiger partial charge in [0.2, 0.25) is 0 Å². The molecule has 0 fully saturated rings. The van der Waals surface area contributed by atoms with Crippen LogP contribution in [0.5, 0.6) is 0 Å². The first-order valence-corrected chi connectivity index (χ1v) is 5.64. The zero-order chi connectivity index (χ0) is 14.6. The minimum Gasteiger partial charge on any atom is -0.352 e. The number of aromatic amines is 1. The quantitative estimate of drug-likeness (QED) is 0.884. The molecule has 1 heterocycles. The average molecular weight is 285 g/mol. The Morgan fingerprint density at radius 2 is 1.95 bits per heavy atom. The fourth-order valence-electron chi connectivity index (χ4n) is 1.49. The first-order valence-electron chi connectivity index (χ1n) is 5.64. The van der Waals surface area contributed by atoms with Crippen molar-refractivity contribution >= 4 is 5.91 Å². The van der Waals surface area contributed by atoms with Gasteiger partial charge in [0.1, 0.15) is 0 Å². The molecular formula is C11H10F3N5O. The van der Waals surface area contributed by atoms with Crippen LogP contribution in [-0.2, 0) is 12.6 Å². The second-order valence-electron chi connectivity index (χ2n) is 3.91. The molecule has 106 valence electrons. The second-order valence-corrected chi connectivity index (χ2v) is 3.91. The molecule has 1 aromatic carbocycles. The predicted molar refractivity (Wildman–Crippen MR) is 61.7 cm³/mol. The zero-order valence-corrected chi connectivity index (χ0v) is 10.1. The molecule has 0 bridgehead atoms. The number of amides is 1. The Labute approximate surface area is 111 Å². The van der Waals surface area contributed by atoms with Crippen LogP contribution in [0.4, 0.5) is 13.2 Å². The number of halogens is 3. The summed E-state index contributed by atoms with van der Waals surface area (Å²) >= 11 is 0. The number of alkyl halides is 3. The van der Waals surface area contributed by atoms with Crippen LogP contribution in [0.25, 0.3) is 0 Å². The predicted octanol–water partition coefficient (Wildman–Crippen LogP) is 1.19. The number of H-pyrrole nitrogens is 1. The van der Waals surface area contributed by atoms with E-state index in [4.69, 9.17) is 0 Å². The molecule has 2 aromatic rings. The third-order valence-corrected chi connectivity index (χ3v) is 2.50. The molecule has 0 saturated carbocycles. The van der Waals surface area contributed by atoms with Crippen molar-refractivity contribution in [1.82, 2.24) is 25.9 Å². The molecule has 20 heavy (non-hydrogen) atoms. The molecule has 0 spiro atoms. The minimum absolute atomic E-state index is 0.158. The molecule has 0 unspecified atom stereocenters. The molecule has 0 saturated heterocycles. The summed E-state index contributed by atoms with van der Waals surface area (Å²) in [4.78, 5) is 11.7. The van der Waals surface area contributed by atoms with Crippen molar-refractivity contribution in [1.29, 1.82) is 0 Å². The van der Waals surface area contributed by atoms with E-state index in [0.29, 0.717) is 12.2 Å². The van der Waals surface area contributed by atoms with E-state index in [-0.39, 0.29) is 12.1 Å². The second kappa shape index (κ2) is 5.68. The number of tetrazole rings is 1. The van der Waals surface area contributed by atoms with E-state index in [1.165, 1.54) is 0 Å². The summed E-state index contributed by atoms with van der Waals surface area (Å²) in [6.45, 7) is 0.263. The summed E-state index contributed by atoms with van der Waals surface area (Å²) in [5.74, 6) is -0.0139. The third-order valence-electron chi connectivity index (χ3n) is 2.50. The van der Waals surface area contributed by atoms with Crippen molar-refractivity contribution in [3.63, 3.8) is 0 Å². The highest BCUT2D eigenvalue weighted by Crippen LogP contribution is 2.28. The SMILES string of the molecule is O=C(NCCc1nn[nH]n1)c1ccc(C(F)(F)F)cc1. The van der Waals surface area contributed by atoms with E-state index < -0.39 is 17.6 Å². The highest BCUT2D eigenvalue weighted by atomic mass is 19.4. The van der Waals surface area contributed by atoms with Crippen molar-refractivity contribution in [2.24, 2.45) is 0 Å². The number of nitrogens with one attached hydrogen (secondary N) is 2. The number of carbonyl (C=O) groups is 1. The number of carbonyl (C=O) groups excluding carboxylic acids is 1. The van der Waals surface area contributed by atoms with E-state index in [9.17, 15) is 18.0 Å². The summed E-state index contributed by atoms with van der Waals surface area (Å²) in [6, 6.07) is 4.00. The van der Waals surface area contributed by atoms with E-state index in [1.807, 2.05) is 0 Å². The Morgan fingerprint density at radius 3 is 2.50 bits per heavy atom. The number of nitrogens with zero attached hydrogens (tertiary/aromatic N) is 3. The van der Waals surface area contributed by atoms with Gasteiger partial charge in [-0.05, 0) is 24.3 Å². The van der Waals surface area contributed by atoms with Gasteiger partial charge in [-0.25, -0.2) is 0 Å². The molecule has 0 aliphatic carbocycles. The van der Waals surface area contributed by atoms with Gasteiger partial charge >= 0.3 is 6.18 Å². The lowest BCUT2D eigenvalue weighted by Gasteiger charge is -2.07. The largest absolute Gasteiger partial charge is 0.416 e. The van der Waals surface area contributed by atoms with Crippen molar-refractivity contribution < 1.29 is 18.0 Å². The van der Waals surface area contributed by atoms with E-state index in [2.05, 4.69) is 25.9 Å². The standard InChI is InChI=1S/C11H10F3N5O/c12-11(13,14)8-3-1-7(2-4-8)10(20)15-6-5-9-16-18-19-17-9/h1-4H,5-6H2,(H,15,20)(H,16,17,18,19). The van der Waals surface area contributed by atoms with Gasteiger partial charge in [0.15, 0.2) is 5.82 Å². The van der Waals surface area contributed by atoms with Gasteiger partial charge in [-0.15, -0.1) is 10.2 Å². The van der Waals surface area contributed by atoms with Gasteiger partial charge < -0.3 is 5.32 Å². The monoisotopic (exact) mass is 285 g/mol. The Balaban J connectivity index is 1.89. The van der Waals surface area contributed by atoms with Crippen LogP contribution in [0.3, 0.4) is 0 Å². The fourth-order valence-corrected chi connectivity index (χ4v) is 1.49. The average Bonchev–Trinajstić information content (AvgIpc) is 2.91. The molecule has 9 heteroatoms. The maximum absolute atomic E-state index is 12.4. The van der Waals surface area contributed by atoms with Crippen LogP contribution < -0.4 is 5.32 Å². The lowest BCUT2D eigenvalue weighted by Crippen LogP contribution is -2.26. The maximum atomic E-state index is 12.4. The topological polar surface area (TPSA) is 83.6 Å². The molecule has 6 nitrogen and oxygen atoms in total. The molecular weight excluding hydrogens is 275 g/mol. The Morgan fingerprint density at radius 1 is 1.25 bits per heavy atom. The molecule has 0 radical (unpaired) electrons. The first-order chi connectivity index (χ1) is 9.47. The lowest BCUT2D eigenvalue weighted by molar-refractivity contribution is -0.137. The molecule has 2 rings (SSSR count). The van der Waals surface area contributed by atoms with Crippen LogP contribution in [0.2, 0.25) is 0 Å². The van der Waals surface area contributed by atoms with Crippen LogP contribution in [0.1, 0.15) is 21.7 Å². The van der Waals surface area contributed by atoms with Crippen LogP contribution in [-0.4, -0.2) is 33.1 Å². The van der Waals surface area contributed by atoms with Gasteiger partial charge in [-0.2, -0.15) is 18.4 Å². The van der Waals surface area contributed by atoms with Gasteiger partial charge in [0, 0.05) is 18.5 Å². The van der Waals surface area contributed by atoms with Gasteiger partial charge in [-0.1, -0.05) is 5.21 Å². The summed E-state index contributed by atoms with van der Waals surface area (Å²) in [7, 11) is 0. The van der Waals surface area contributed by atoms with Crippen molar-refractivity contribution in [2.45, 2.75) is 12.6 Å². The molecule has 1 aromatic heterocycles. The van der Waals surface area contributed by atoms with Gasteiger partial charge in [0.25, 0.3) is 5.91 Å². The highest BCUT2D eigenvalue weighted by molar-refractivity contribution is 5.94. The Kier molecular flexibility index (Phi) is 3.97. The molecule has 0 atom stereocenters. The fraction of sp³-hybridized carbons (Fsp3) is 0.273. The normalized spacial score (nSPS) is 11.3. The number of aromatic nitrogens is 4. The highest BCUT2D eigenvalue weighted by Gasteiger charge is 2.30. The summed E-state index contributed by atoms with van der Waals surface area (Å²) < 4.78 is 37.1. The zero-order valence-electron chi connectivity index (χ0n) is 10.1. The third kappa shape index (κ3) is 3.53. The minimum atomic E-state index is -4.41. The van der Waals surface area contributed by atoms with Crippen LogP contribution >= 0.6 is 0 Å². The Hall–Kier alpha value is -2.45. The van der Waals surface area contributed by atoms with Crippen molar-refractivity contribution in [3.8, 4) is 0 Å². The number of hydrogen-bond acceptors (Lipinski definition) is 4. The number of hydrogen-bond donors (Lipinski definition) is 2. The molecule has 1 amide bonds. The maximum Gasteiger partial charge on any atom is 0.416 e.